The highest BCUT2D eigenvalue weighted by atomic mass is 16.6. The fourth-order valence-electron chi connectivity index (χ4n) is 3.09. The largest absolute Gasteiger partial charge is 0.475 e. The summed E-state index contributed by atoms with van der Waals surface area (Å²) in [5.74, 6) is 2.80. The Labute approximate surface area is 140 Å². The molecule has 1 aromatic carbocycles. The highest BCUT2D eigenvalue weighted by Gasteiger charge is 2.33. The number of fused-ring (bicyclic) bond motifs is 1. The maximum atomic E-state index is 11.9. The summed E-state index contributed by atoms with van der Waals surface area (Å²) in [5, 5.41) is 8.68. The Kier molecular flexibility index (Phi) is 3.63. The first-order chi connectivity index (χ1) is 11.7. The SMILES string of the molecule is COC(=O)[C@@H]1CN(Cc2nnc(C3CC3)n2C)c2ccccc2O1. The standard InChI is InChI=1S/C17H20N4O3/c1-20-15(18-19-16(20)11-7-8-11)10-21-9-14(17(22)23-2)24-13-6-4-3-5-12(13)21/h3-6,11,14H,7-10H2,1-2H3/t14-/m0/s1. The monoisotopic (exact) mass is 328 g/mol. The van der Waals surface area contributed by atoms with E-state index in [0.717, 1.165) is 17.3 Å². The van der Waals surface area contributed by atoms with Crippen LogP contribution in [-0.4, -0.2) is 40.5 Å². The zero-order valence-corrected chi connectivity index (χ0v) is 13.8. The van der Waals surface area contributed by atoms with Gasteiger partial charge >= 0.3 is 5.97 Å². The van der Waals surface area contributed by atoms with Gasteiger partial charge in [0.15, 0.2) is 5.82 Å². The maximum Gasteiger partial charge on any atom is 0.348 e. The minimum Gasteiger partial charge on any atom is -0.475 e. The van der Waals surface area contributed by atoms with Gasteiger partial charge in [0.25, 0.3) is 0 Å². The fourth-order valence-corrected chi connectivity index (χ4v) is 3.09. The van der Waals surface area contributed by atoms with Crippen LogP contribution in [0, 0.1) is 0 Å². The van der Waals surface area contributed by atoms with Crippen LogP contribution < -0.4 is 9.64 Å². The second-order valence-corrected chi connectivity index (χ2v) is 6.29. The third-order valence-electron chi connectivity index (χ3n) is 4.60. The van der Waals surface area contributed by atoms with E-state index in [4.69, 9.17) is 9.47 Å². The van der Waals surface area contributed by atoms with Crippen molar-refractivity contribution in [1.82, 2.24) is 14.8 Å². The molecule has 24 heavy (non-hydrogen) atoms. The molecule has 1 aliphatic carbocycles. The zero-order valence-electron chi connectivity index (χ0n) is 13.8. The first-order valence-electron chi connectivity index (χ1n) is 8.14. The van der Waals surface area contributed by atoms with Crippen molar-refractivity contribution in [3.63, 3.8) is 0 Å². The molecule has 0 spiro atoms. The Bertz CT molecular complexity index is 769. The average molecular weight is 328 g/mol. The molecule has 7 nitrogen and oxygen atoms in total. The quantitative estimate of drug-likeness (QED) is 0.795. The molecule has 0 saturated heterocycles. The third kappa shape index (κ3) is 2.60. The number of esters is 1. The fraction of sp³-hybridized carbons (Fsp3) is 0.471. The molecule has 4 rings (SSSR count). The Morgan fingerprint density at radius 3 is 2.88 bits per heavy atom. The van der Waals surface area contributed by atoms with Gasteiger partial charge in [0.05, 0.1) is 25.9 Å². The summed E-state index contributed by atoms with van der Waals surface area (Å²) in [5.41, 5.74) is 0.952. The van der Waals surface area contributed by atoms with Gasteiger partial charge in [0, 0.05) is 13.0 Å². The van der Waals surface area contributed by atoms with E-state index in [1.165, 1.54) is 20.0 Å². The van der Waals surface area contributed by atoms with Crippen LogP contribution in [0.5, 0.6) is 5.75 Å². The Morgan fingerprint density at radius 2 is 2.12 bits per heavy atom. The molecule has 0 unspecified atom stereocenters. The second-order valence-electron chi connectivity index (χ2n) is 6.29. The summed E-state index contributed by atoms with van der Waals surface area (Å²) in [6.07, 6.45) is 1.74. The molecular weight excluding hydrogens is 308 g/mol. The van der Waals surface area contributed by atoms with Crippen LogP contribution in [0.15, 0.2) is 24.3 Å². The van der Waals surface area contributed by atoms with Gasteiger partial charge in [-0.3, -0.25) is 0 Å². The van der Waals surface area contributed by atoms with Gasteiger partial charge in [0.2, 0.25) is 6.10 Å². The van der Waals surface area contributed by atoms with E-state index in [2.05, 4.69) is 19.7 Å². The smallest absolute Gasteiger partial charge is 0.348 e. The van der Waals surface area contributed by atoms with Crippen LogP contribution in [0.25, 0.3) is 0 Å². The number of hydrogen-bond donors (Lipinski definition) is 0. The van der Waals surface area contributed by atoms with Crippen molar-refractivity contribution in [2.75, 3.05) is 18.6 Å². The van der Waals surface area contributed by atoms with Crippen molar-refractivity contribution in [3.8, 4) is 5.75 Å². The minimum atomic E-state index is -0.638. The van der Waals surface area contributed by atoms with Crippen molar-refractivity contribution < 1.29 is 14.3 Å². The highest BCUT2D eigenvalue weighted by Crippen LogP contribution is 2.39. The number of para-hydroxylation sites is 2. The molecule has 0 N–H and O–H groups in total. The predicted octanol–water partition coefficient (Wildman–Crippen LogP) is 1.63. The zero-order chi connectivity index (χ0) is 16.7. The summed E-state index contributed by atoms with van der Waals surface area (Å²) in [6.45, 7) is 0.999. The number of carbonyl (C=O) groups is 1. The van der Waals surface area contributed by atoms with Crippen LogP contribution >= 0.6 is 0 Å². The molecule has 0 radical (unpaired) electrons. The van der Waals surface area contributed by atoms with Gasteiger partial charge in [0.1, 0.15) is 11.6 Å². The van der Waals surface area contributed by atoms with E-state index >= 15 is 0 Å². The molecule has 2 aromatic rings. The number of hydrogen-bond acceptors (Lipinski definition) is 6. The molecule has 126 valence electrons. The van der Waals surface area contributed by atoms with Crippen molar-refractivity contribution >= 4 is 11.7 Å². The number of anilines is 1. The lowest BCUT2D eigenvalue weighted by atomic mass is 10.2. The van der Waals surface area contributed by atoms with Gasteiger partial charge < -0.3 is 18.9 Å². The molecular formula is C17H20N4O3. The normalized spacial score (nSPS) is 19.6. The van der Waals surface area contributed by atoms with Crippen LogP contribution in [0.1, 0.15) is 30.4 Å². The number of carbonyl (C=O) groups excluding carboxylic acids is 1. The number of nitrogens with zero attached hydrogens (tertiary/aromatic N) is 4. The number of benzene rings is 1. The van der Waals surface area contributed by atoms with Gasteiger partial charge in [-0.05, 0) is 25.0 Å². The van der Waals surface area contributed by atoms with Crippen molar-refractivity contribution in [3.05, 3.63) is 35.9 Å². The maximum absolute atomic E-state index is 11.9. The highest BCUT2D eigenvalue weighted by molar-refractivity contribution is 5.78. The lowest BCUT2D eigenvalue weighted by Crippen LogP contribution is -2.45. The van der Waals surface area contributed by atoms with E-state index < -0.39 is 6.10 Å². The van der Waals surface area contributed by atoms with Crippen molar-refractivity contribution in [1.29, 1.82) is 0 Å². The minimum absolute atomic E-state index is 0.369. The molecule has 2 aliphatic rings. The summed E-state index contributed by atoms with van der Waals surface area (Å²) < 4.78 is 12.7. The summed E-state index contributed by atoms with van der Waals surface area (Å²) >= 11 is 0. The molecule has 1 atom stereocenters. The first kappa shape index (κ1) is 15.0. The number of ether oxygens (including phenoxy) is 2. The summed E-state index contributed by atoms with van der Waals surface area (Å²) in [7, 11) is 3.38. The second kappa shape index (κ2) is 5.81. The lowest BCUT2D eigenvalue weighted by molar-refractivity contribution is -0.148. The van der Waals surface area contributed by atoms with Gasteiger partial charge in [-0.25, -0.2) is 4.79 Å². The molecule has 1 aliphatic heterocycles. The van der Waals surface area contributed by atoms with Gasteiger partial charge in [-0.2, -0.15) is 0 Å². The number of methoxy groups -OCH3 is 1. The van der Waals surface area contributed by atoms with E-state index in [1.54, 1.807) is 0 Å². The average Bonchev–Trinajstić information content (AvgIpc) is 3.39. The summed E-state index contributed by atoms with van der Waals surface area (Å²) in [6, 6.07) is 7.70. The predicted molar refractivity (Wildman–Crippen MR) is 86.9 cm³/mol. The lowest BCUT2D eigenvalue weighted by Gasteiger charge is -2.34. The number of rotatable bonds is 4. The molecule has 0 amide bonds. The van der Waals surface area contributed by atoms with E-state index in [0.29, 0.717) is 24.8 Å². The molecule has 1 fully saturated rings. The van der Waals surface area contributed by atoms with E-state index in [-0.39, 0.29) is 5.97 Å². The molecule has 1 saturated carbocycles. The topological polar surface area (TPSA) is 69.5 Å². The Morgan fingerprint density at radius 1 is 1.33 bits per heavy atom. The van der Waals surface area contributed by atoms with Crippen molar-refractivity contribution in [2.24, 2.45) is 7.05 Å². The van der Waals surface area contributed by atoms with Crippen LogP contribution in [-0.2, 0) is 23.1 Å². The van der Waals surface area contributed by atoms with Gasteiger partial charge in [-0.1, -0.05) is 12.1 Å². The summed E-state index contributed by atoms with van der Waals surface area (Å²) in [4.78, 5) is 14.0. The third-order valence-corrected chi connectivity index (χ3v) is 4.60. The van der Waals surface area contributed by atoms with Crippen LogP contribution in [0.3, 0.4) is 0 Å². The Hall–Kier alpha value is -2.57. The number of aromatic nitrogens is 3. The van der Waals surface area contributed by atoms with Crippen LogP contribution in [0.4, 0.5) is 5.69 Å². The first-order valence-corrected chi connectivity index (χ1v) is 8.14. The molecule has 7 heteroatoms. The van der Waals surface area contributed by atoms with Crippen molar-refractivity contribution in [2.45, 2.75) is 31.4 Å². The van der Waals surface area contributed by atoms with E-state index in [1.807, 2.05) is 31.3 Å². The van der Waals surface area contributed by atoms with Crippen LogP contribution in [0.2, 0.25) is 0 Å². The van der Waals surface area contributed by atoms with Gasteiger partial charge in [-0.15, -0.1) is 10.2 Å². The molecule has 1 aromatic heterocycles. The Balaban J connectivity index is 1.62. The van der Waals surface area contributed by atoms with E-state index in [9.17, 15) is 4.79 Å². The molecule has 2 heterocycles. The molecule has 0 bridgehead atoms.